The molecule has 1 heterocycles. The molecule has 0 bridgehead atoms. The van der Waals surface area contributed by atoms with Crippen LogP contribution in [0.2, 0.25) is 0 Å². The van der Waals surface area contributed by atoms with Gasteiger partial charge in [-0.3, -0.25) is 4.99 Å². The van der Waals surface area contributed by atoms with E-state index in [1.54, 1.807) is 14.2 Å². The lowest BCUT2D eigenvalue weighted by molar-refractivity contribution is 0.138. The number of benzene rings is 1. The predicted octanol–water partition coefficient (Wildman–Crippen LogP) is 3.80. The Morgan fingerprint density at radius 2 is 1.78 bits per heavy atom. The van der Waals surface area contributed by atoms with Crippen LogP contribution in [0, 0.1) is 5.41 Å². The summed E-state index contributed by atoms with van der Waals surface area (Å²) >= 11 is 0. The van der Waals surface area contributed by atoms with Gasteiger partial charge in [0, 0.05) is 46.1 Å². The van der Waals surface area contributed by atoms with E-state index in [2.05, 4.69) is 20.6 Å². The van der Waals surface area contributed by atoms with Gasteiger partial charge in [0.05, 0.1) is 0 Å². The summed E-state index contributed by atoms with van der Waals surface area (Å²) in [5.74, 6) is 2.24. The van der Waals surface area contributed by atoms with Gasteiger partial charge < -0.3 is 24.8 Å². The zero-order chi connectivity index (χ0) is 22.5. The molecule has 1 aliphatic carbocycles. The Balaban J connectivity index is 1.37. The number of rotatable bonds is 12. The van der Waals surface area contributed by atoms with E-state index in [9.17, 15) is 0 Å². The summed E-state index contributed by atoms with van der Waals surface area (Å²) in [6, 6.07) is 13.6. The summed E-state index contributed by atoms with van der Waals surface area (Å²) in [5.41, 5.74) is 1.38. The van der Waals surface area contributed by atoms with Crippen LogP contribution in [0.1, 0.15) is 37.7 Å². The van der Waals surface area contributed by atoms with Crippen LogP contribution in [0.25, 0.3) is 0 Å². The topological polar surface area (TPSA) is 77.0 Å². The number of para-hydroxylation sites is 1. The number of nitrogens with zero attached hydrogens (tertiary/aromatic N) is 2. The van der Waals surface area contributed by atoms with Gasteiger partial charge in [0.25, 0.3) is 0 Å². The molecule has 0 radical (unpaired) electrons. The van der Waals surface area contributed by atoms with Crippen LogP contribution in [-0.2, 0) is 11.3 Å². The monoisotopic (exact) mass is 440 g/mol. The second kappa shape index (κ2) is 12.9. The van der Waals surface area contributed by atoms with Gasteiger partial charge in [-0.25, -0.2) is 4.98 Å². The Kier molecular flexibility index (Phi) is 9.62. The predicted molar refractivity (Wildman–Crippen MR) is 127 cm³/mol. The number of ether oxygens (including phenoxy) is 3. The Morgan fingerprint density at radius 3 is 2.47 bits per heavy atom. The minimum absolute atomic E-state index is 0.318. The van der Waals surface area contributed by atoms with Gasteiger partial charge in [0.2, 0.25) is 5.88 Å². The standard InChI is InChI=1S/C25H36N4O3/c1-26-24(29-20-25(14-15-30-2)12-6-7-13-25)28-19-21-10-11-23(27-18-21)32-17-16-31-22-8-4-3-5-9-22/h3-5,8-11,18H,6-7,12-17,19-20H2,1-2H3,(H2,26,28,29). The fraction of sp³-hybridized carbons (Fsp3) is 0.520. The Labute approximate surface area is 191 Å². The number of pyridine rings is 1. The zero-order valence-electron chi connectivity index (χ0n) is 19.3. The van der Waals surface area contributed by atoms with Crippen LogP contribution >= 0.6 is 0 Å². The molecule has 0 aliphatic heterocycles. The number of nitrogens with one attached hydrogen (secondary N) is 2. The summed E-state index contributed by atoms with van der Waals surface area (Å²) in [6.07, 6.45) is 8.02. The van der Waals surface area contributed by atoms with Crippen LogP contribution in [0.5, 0.6) is 11.6 Å². The highest BCUT2D eigenvalue weighted by Gasteiger charge is 2.33. The number of guanidine groups is 1. The number of hydrogen-bond donors (Lipinski definition) is 2. The molecule has 1 aliphatic rings. The number of aliphatic imine (C=N–C) groups is 1. The molecule has 0 saturated heterocycles. The Hall–Kier alpha value is -2.80. The second-order valence-corrected chi connectivity index (χ2v) is 8.24. The fourth-order valence-electron chi connectivity index (χ4n) is 4.06. The maximum absolute atomic E-state index is 5.67. The molecule has 1 fully saturated rings. The summed E-state index contributed by atoms with van der Waals surface area (Å²) in [4.78, 5) is 8.76. The van der Waals surface area contributed by atoms with E-state index >= 15 is 0 Å². The van der Waals surface area contributed by atoms with E-state index in [1.165, 1.54) is 25.7 Å². The van der Waals surface area contributed by atoms with Crippen molar-refractivity contribution in [1.29, 1.82) is 0 Å². The highest BCUT2D eigenvalue weighted by Crippen LogP contribution is 2.40. The molecule has 0 amide bonds. The van der Waals surface area contributed by atoms with Gasteiger partial charge in [-0.1, -0.05) is 37.1 Å². The summed E-state index contributed by atoms with van der Waals surface area (Å²) in [7, 11) is 3.58. The smallest absolute Gasteiger partial charge is 0.213 e. The molecule has 2 aromatic rings. The molecular formula is C25H36N4O3. The fourth-order valence-corrected chi connectivity index (χ4v) is 4.06. The van der Waals surface area contributed by atoms with Crippen molar-refractivity contribution in [3.8, 4) is 11.6 Å². The first-order valence-electron chi connectivity index (χ1n) is 11.4. The molecule has 32 heavy (non-hydrogen) atoms. The summed E-state index contributed by atoms with van der Waals surface area (Å²) < 4.78 is 16.6. The quantitative estimate of drug-likeness (QED) is 0.297. The number of aromatic nitrogens is 1. The van der Waals surface area contributed by atoms with Crippen LogP contribution in [0.15, 0.2) is 53.7 Å². The lowest BCUT2D eigenvalue weighted by Gasteiger charge is -2.30. The molecule has 2 N–H and O–H groups in total. The normalized spacial score (nSPS) is 15.4. The number of hydrogen-bond acceptors (Lipinski definition) is 5. The largest absolute Gasteiger partial charge is 0.490 e. The van der Waals surface area contributed by atoms with Crippen molar-refractivity contribution >= 4 is 5.96 Å². The van der Waals surface area contributed by atoms with Crippen LogP contribution in [-0.4, -0.2) is 51.5 Å². The highest BCUT2D eigenvalue weighted by molar-refractivity contribution is 5.79. The molecular weight excluding hydrogens is 404 g/mol. The third-order valence-electron chi connectivity index (χ3n) is 5.96. The average molecular weight is 441 g/mol. The van der Waals surface area contributed by atoms with Gasteiger partial charge >= 0.3 is 0 Å². The van der Waals surface area contributed by atoms with Crippen LogP contribution in [0.4, 0.5) is 0 Å². The first-order chi connectivity index (χ1) is 15.7. The molecule has 0 unspecified atom stereocenters. The van der Waals surface area contributed by atoms with Gasteiger partial charge in [-0.15, -0.1) is 0 Å². The molecule has 0 atom stereocenters. The van der Waals surface area contributed by atoms with Crippen molar-refractivity contribution in [1.82, 2.24) is 15.6 Å². The molecule has 0 spiro atoms. The van der Waals surface area contributed by atoms with Gasteiger partial charge in [-0.2, -0.15) is 0 Å². The van der Waals surface area contributed by atoms with Gasteiger partial charge in [0.1, 0.15) is 19.0 Å². The first kappa shape index (κ1) is 23.9. The molecule has 3 rings (SSSR count). The van der Waals surface area contributed by atoms with Gasteiger partial charge in [-0.05, 0) is 42.4 Å². The average Bonchev–Trinajstić information content (AvgIpc) is 3.31. The maximum Gasteiger partial charge on any atom is 0.213 e. The summed E-state index contributed by atoms with van der Waals surface area (Å²) in [5, 5.41) is 6.89. The zero-order valence-corrected chi connectivity index (χ0v) is 19.3. The van der Waals surface area contributed by atoms with E-state index in [1.807, 2.05) is 48.7 Å². The van der Waals surface area contributed by atoms with E-state index in [0.29, 0.717) is 31.1 Å². The lowest BCUT2D eigenvalue weighted by Crippen LogP contribution is -2.43. The third-order valence-corrected chi connectivity index (χ3v) is 5.96. The SMILES string of the molecule is CN=C(NCc1ccc(OCCOc2ccccc2)nc1)NCC1(CCOC)CCCC1. The molecule has 1 saturated carbocycles. The van der Waals surface area contributed by atoms with Crippen molar-refractivity contribution in [3.63, 3.8) is 0 Å². The Morgan fingerprint density at radius 1 is 1.00 bits per heavy atom. The van der Waals surface area contributed by atoms with Crippen LogP contribution < -0.4 is 20.1 Å². The van der Waals surface area contributed by atoms with Crippen molar-refractivity contribution in [3.05, 3.63) is 54.2 Å². The van der Waals surface area contributed by atoms with E-state index in [-0.39, 0.29) is 0 Å². The lowest BCUT2D eigenvalue weighted by atomic mass is 9.83. The maximum atomic E-state index is 5.67. The van der Waals surface area contributed by atoms with E-state index in [4.69, 9.17) is 14.2 Å². The van der Waals surface area contributed by atoms with Crippen molar-refractivity contribution in [2.24, 2.45) is 10.4 Å². The third kappa shape index (κ3) is 7.71. The van der Waals surface area contributed by atoms with E-state index < -0.39 is 0 Å². The first-order valence-corrected chi connectivity index (χ1v) is 11.4. The van der Waals surface area contributed by atoms with Crippen LogP contribution in [0.3, 0.4) is 0 Å². The van der Waals surface area contributed by atoms with E-state index in [0.717, 1.165) is 36.8 Å². The minimum Gasteiger partial charge on any atom is -0.490 e. The molecule has 7 heteroatoms. The number of methoxy groups -OCH3 is 1. The second-order valence-electron chi connectivity index (χ2n) is 8.24. The highest BCUT2D eigenvalue weighted by atomic mass is 16.5. The van der Waals surface area contributed by atoms with Crippen molar-refractivity contribution < 1.29 is 14.2 Å². The molecule has 1 aromatic heterocycles. The minimum atomic E-state index is 0.318. The summed E-state index contributed by atoms with van der Waals surface area (Å²) in [6.45, 7) is 3.30. The molecule has 1 aromatic carbocycles. The molecule has 174 valence electrons. The van der Waals surface area contributed by atoms with Gasteiger partial charge in [0.15, 0.2) is 5.96 Å². The molecule has 7 nitrogen and oxygen atoms in total. The van der Waals surface area contributed by atoms with Crippen molar-refractivity contribution in [2.45, 2.75) is 38.6 Å². The van der Waals surface area contributed by atoms with Crippen molar-refractivity contribution in [2.75, 3.05) is 40.5 Å². The Bertz CT molecular complexity index is 806.